The number of halogens is 4. The van der Waals surface area contributed by atoms with E-state index in [-0.39, 0.29) is 35.9 Å². The molecule has 0 aliphatic carbocycles. The summed E-state index contributed by atoms with van der Waals surface area (Å²) in [5, 5.41) is 29.6. The van der Waals surface area contributed by atoms with Crippen molar-refractivity contribution in [3.05, 3.63) is 93.4 Å². The first-order chi connectivity index (χ1) is 27.6. The number of ether oxygens (including phenoxy) is 1. The molecule has 5 unspecified atom stereocenters. The Balaban J connectivity index is 0.000000306. The normalized spacial score (nSPS) is 13.1. The van der Waals surface area contributed by atoms with Crippen LogP contribution in [0.15, 0.2) is 65.7 Å². The summed E-state index contributed by atoms with van der Waals surface area (Å²) in [6.07, 6.45) is 3.10. The SMILES string of the molecule is COc1cc(NC(=O)NC(C)C(C)C)ccc1F.Cc1cc(Br)c(F)cc1NC(=O)NC(C)C(C)C(=O)O.Cc1ccc(NC(=O)NC(C)C(C)n2cncn2)cc1Cl. The van der Waals surface area contributed by atoms with Crippen molar-refractivity contribution in [1.82, 2.24) is 30.7 Å². The van der Waals surface area contributed by atoms with Gasteiger partial charge >= 0.3 is 24.1 Å². The molecular weight excluding hydrogens is 856 g/mol. The lowest BCUT2D eigenvalue weighted by Crippen LogP contribution is -2.42. The summed E-state index contributed by atoms with van der Waals surface area (Å²) >= 11 is 9.08. The third-order valence-corrected chi connectivity index (χ3v) is 10.2. The molecule has 4 aromatic rings. The van der Waals surface area contributed by atoms with Gasteiger partial charge in [-0.2, -0.15) is 5.10 Å². The number of urea groups is 3. The summed E-state index contributed by atoms with van der Waals surface area (Å²) in [6, 6.07) is 10.6. The van der Waals surface area contributed by atoms with E-state index in [0.717, 1.165) is 5.56 Å². The van der Waals surface area contributed by atoms with Gasteiger partial charge in [0.15, 0.2) is 11.6 Å². The second-order valence-corrected chi connectivity index (χ2v) is 15.3. The average molecular weight is 909 g/mol. The minimum Gasteiger partial charge on any atom is -0.494 e. The van der Waals surface area contributed by atoms with Crippen molar-refractivity contribution in [2.45, 2.75) is 86.5 Å². The molecule has 59 heavy (non-hydrogen) atoms. The average Bonchev–Trinajstić information content (AvgIpc) is 3.71. The van der Waals surface area contributed by atoms with Gasteiger partial charge in [0.1, 0.15) is 18.5 Å². The van der Waals surface area contributed by atoms with Crippen LogP contribution >= 0.6 is 27.5 Å². The summed E-state index contributed by atoms with van der Waals surface area (Å²) in [5.74, 6) is -2.22. The lowest BCUT2D eigenvalue weighted by atomic mass is 10.0. The maximum absolute atomic E-state index is 13.4. The number of aromatic nitrogens is 3. The molecule has 1 aromatic heterocycles. The molecule has 15 nitrogen and oxygen atoms in total. The predicted octanol–water partition coefficient (Wildman–Crippen LogP) is 9.14. The molecule has 0 saturated heterocycles. The number of anilines is 3. The number of carbonyl (C=O) groups is 4. The molecule has 322 valence electrons. The van der Waals surface area contributed by atoms with Crippen molar-refractivity contribution in [2.75, 3.05) is 23.1 Å². The number of hydrogen-bond donors (Lipinski definition) is 7. The van der Waals surface area contributed by atoms with Gasteiger partial charge in [-0.25, -0.2) is 32.8 Å². The summed E-state index contributed by atoms with van der Waals surface area (Å²) < 4.78 is 33.4. The van der Waals surface area contributed by atoms with E-state index in [4.69, 9.17) is 21.4 Å². The van der Waals surface area contributed by atoms with Crippen molar-refractivity contribution in [3.63, 3.8) is 0 Å². The third kappa shape index (κ3) is 16.7. The zero-order valence-corrected chi connectivity index (χ0v) is 36.9. The maximum Gasteiger partial charge on any atom is 0.319 e. The van der Waals surface area contributed by atoms with Gasteiger partial charge in [0.05, 0.1) is 23.5 Å². The number of carboxylic acid groups (broad SMARTS) is 1. The van der Waals surface area contributed by atoms with Gasteiger partial charge in [-0.15, -0.1) is 0 Å². The number of hydrogen-bond acceptors (Lipinski definition) is 7. The Morgan fingerprint density at radius 3 is 1.86 bits per heavy atom. The molecule has 0 bridgehead atoms. The molecular formula is C40H53BrClF2N9O6. The van der Waals surface area contributed by atoms with Gasteiger partial charge in [-0.05, 0) is 118 Å². The summed E-state index contributed by atoms with van der Waals surface area (Å²) in [5.41, 5.74) is 3.13. The van der Waals surface area contributed by atoms with Crippen LogP contribution in [0, 0.1) is 37.3 Å². The predicted molar refractivity (Wildman–Crippen MR) is 229 cm³/mol. The van der Waals surface area contributed by atoms with Crippen molar-refractivity contribution in [1.29, 1.82) is 0 Å². The van der Waals surface area contributed by atoms with Gasteiger partial charge in [-0.1, -0.05) is 31.5 Å². The largest absolute Gasteiger partial charge is 0.494 e. The van der Waals surface area contributed by atoms with E-state index in [0.29, 0.717) is 38.0 Å². The Kier molecular flexibility index (Phi) is 20.0. The molecule has 0 spiro atoms. The van der Waals surface area contributed by atoms with E-state index in [2.05, 4.69) is 57.9 Å². The first-order valence-corrected chi connectivity index (χ1v) is 19.6. The topological polar surface area (TPSA) is 201 Å². The van der Waals surface area contributed by atoms with E-state index in [1.165, 1.54) is 44.6 Å². The highest BCUT2D eigenvalue weighted by Gasteiger charge is 2.21. The van der Waals surface area contributed by atoms with Gasteiger partial charge in [0.2, 0.25) is 0 Å². The monoisotopic (exact) mass is 907 g/mol. The smallest absolute Gasteiger partial charge is 0.319 e. The molecule has 5 atom stereocenters. The molecule has 0 fully saturated rings. The molecule has 0 aliphatic heterocycles. The quantitative estimate of drug-likeness (QED) is 0.0730. The highest BCUT2D eigenvalue weighted by atomic mass is 79.9. The Hall–Kier alpha value is -5.49. The standard InChI is InChI=1S/C14H18ClN5O.C13H16BrFN2O3.C13H19FN2O2/c1-9-4-5-12(6-13(9)15)19-14(21)18-10(2)11(3)20-8-16-7-17-20;1-6-4-9(14)10(15)5-11(6)17-13(20)16-8(3)7(2)12(18)19;1-8(2)9(3)15-13(17)16-10-5-6-11(14)12(7-10)18-4/h4-8,10-11H,1-3H3,(H2,18,19,21);4-5,7-8H,1-3H3,(H,18,19)(H2,16,17,20);5-9H,1-4H3,(H2,15,16,17). The van der Waals surface area contributed by atoms with Crippen LogP contribution in [0.4, 0.5) is 40.2 Å². The number of methoxy groups -OCH3 is 1. The number of carbonyl (C=O) groups excluding carboxylic acids is 3. The summed E-state index contributed by atoms with van der Waals surface area (Å²) in [6.45, 7) is 16.6. The first kappa shape index (κ1) is 49.7. The van der Waals surface area contributed by atoms with Crippen LogP contribution in [-0.2, 0) is 4.79 Å². The number of amides is 6. The van der Waals surface area contributed by atoms with E-state index >= 15 is 0 Å². The number of nitrogens with zero attached hydrogens (tertiary/aromatic N) is 3. The van der Waals surface area contributed by atoms with Crippen LogP contribution < -0.4 is 36.6 Å². The fourth-order valence-electron chi connectivity index (χ4n) is 4.59. The molecule has 0 radical (unpaired) electrons. The van der Waals surface area contributed by atoms with Gasteiger partial charge in [0, 0.05) is 46.3 Å². The maximum atomic E-state index is 13.4. The van der Waals surface area contributed by atoms with Crippen molar-refractivity contribution in [2.24, 2.45) is 11.8 Å². The molecule has 3 aromatic carbocycles. The van der Waals surface area contributed by atoms with Gasteiger partial charge < -0.3 is 41.7 Å². The van der Waals surface area contributed by atoms with Crippen LogP contribution in [0.3, 0.4) is 0 Å². The Labute approximate surface area is 356 Å². The van der Waals surface area contributed by atoms with Crippen LogP contribution in [-0.4, -0.2) is 69.2 Å². The van der Waals surface area contributed by atoms with Crippen LogP contribution in [0.5, 0.6) is 5.75 Å². The fraction of sp³-hybridized carbons (Fsp3) is 0.400. The number of rotatable bonds is 12. The fourth-order valence-corrected chi connectivity index (χ4v) is 5.22. The highest BCUT2D eigenvalue weighted by Crippen LogP contribution is 2.24. The Morgan fingerprint density at radius 2 is 1.32 bits per heavy atom. The van der Waals surface area contributed by atoms with Gasteiger partial charge in [-0.3, -0.25) is 4.79 Å². The van der Waals surface area contributed by atoms with Crippen molar-refractivity contribution < 1.29 is 37.8 Å². The van der Waals surface area contributed by atoms with Crippen molar-refractivity contribution >= 4 is 68.7 Å². The minimum absolute atomic E-state index is 0.000134. The molecule has 7 N–H and O–H groups in total. The Bertz CT molecular complexity index is 2030. The minimum atomic E-state index is -0.997. The Morgan fingerprint density at radius 1 is 0.763 bits per heavy atom. The van der Waals surface area contributed by atoms with E-state index in [1.807, 2.05) is 53.7 Å². The lowest BCUT2D eigenvalue weighted by Gasteiger charge is -2.21. The molecule has 0 aliphatic rings. The van der Waals surface area contributed by atoms with Gasteiger partial charge in [0.25, 0.3) is 0 Å². The number of nitrogens with one attached hydrogen (secondary N) is 6. The number of aryl methyl sites for hydroxylation is 2. The number of aliphatic carboxylic acids is 1. The summed E-state index contributed by atoms with van der Waals surface area (Å²) in [4.78, 5) is 50.1. The number of benzene rings is 3. The summed E-state index contributed by atoms with van der Waals surface area (Å²) in [7, 11) is 1.38. The zero-order chi connectivity index (χ0) is 44.6. The molecule has 6 amide bonds. The second-order valence-electron chi connectivity index (χ2n) is 14.0. The van der Waals surface area contributed by atoms with E-state index in [9.17, 15) is 28.0 Å². The molecule has 0 saturated carbocycles. The zero-order valence-electron chi connectivity index (χ0n) is 34.6. The molecule has 4 rings (SSSR count). The van der Waals surface area contributed by atoms with Crippen LogP contribution in [0.1, 0.15) is 65.6 Å². The number of carboxylic acids is 1. The first-order valence-electron chi connectivity index (χ1n) is 18.5. The van der Waals surface area contributed by atoms with Crippen molar-refractivity contribution in [3.8, 4) is 5.75 Å². The van der Waals surface area contributed by atoms with E-state index in [1.54, 1.807) is 37.0 Å². The van der Waals surface area contributed by atoms with Crippen LogP contribution in [0.25, 0.3) is 0 Å². The molecule has 1 heterocycles. The second kappa shape index (κ2) is 23.8. The van der Waals surface area contributed by atoms with Crippen LogP contribution in [0.2, 0.25) is 5.02 Å². The molecule has 19 heteroatoms. The van der Waals surface area contributed by atoms with E-state index < -0.39 is 35.6 Å². The third-order valence-electron chi connectivity index (χ3n) is 9.15. The highest BCUT2D eigenvalue weighted by molar-refractivity contribution is 9.10. The lowest BCUT2D eigenvalue weighted by molar-refractivity contribution is -0.141.